The van der Waals surface area contributed by atoms with Crippen molar-refractivity contribution in [3.8, 4) is 11.4 Å². The van der Waals surface area contributed by atoms with Gasteiger partial charge < -0.3 is 10.1 Å². The third-order valence-corrected chi connectivity index (χ3v) is 7.24. The Morgan fingerprint density at radius 3 is 2.58 bits per heavy atom. The lowest BCUT2D eigenvalue weighted by Crippen LogP contribution is -2.28. The number of halogens is 2. The molecule has 1 amide bonds. The predicted octanol–water partition coefficient (Wildman–Crippen LogP) is 7.34. The van der Waals surface area contributed by atoms with Crippen LogP contribution in [0.1, 0.15) is 65.2 Å². The smallest absolute Gasteiger partial charge is 0.272 e. The molecule has 0 saturated carbocycles. The first-order valence-electron chi connectivity index (χ1n) is 12.6. The fourth-order valence-electron chi connectivity index (χ4n) is 4.78. The number of carbonyl (C=O) groups excluding carboxylic acids is 1. The third-order valence-electron chi connectivity index (χ3n) is 6.70. The summed E-state index contributed by atoms with van der Waals surface area (Å²) in [6.07, 6.45) is 7.41. The molecular formula is C30H28Cl2N4O2. The van der Waals surface area contributed by atoms with E-state index in [1.807, 2.05) is 55.5 Å². The molecule has 1 aliphatic rings. The summed E-state index contributed by atoms with van der Waals surface area (Å²) in [7, 11) is 1.65. The molecule has 4 aromatic rings. The van der Waals surface area contributed by atoms with Gasteiger partial charge in [-0.05, 0) is 92.3 Å². The molecule has 0 saturated heterocycles. The van der Waals surface area contributed by atoms with Crippen LogP contribution in [0.25, 0.3) is 17.3 Å². The normalized spacial score (nSPS) is 15.0. The number of pyridine rings is 1. The van der Waals surface area contributed by atoms with Gasteiger partial charge in [0.05, 0.1) is 35.2 Å². The molecule has 6 nitrogen and oxygen atoms in total. The summed E-state index contributed by atoms with van der Waals surface area (Å²) in [6, 6.07) is 18.6. The van der Waals surface area contributed by atoms with Crippen LogP contribution in [0.4, 0.5) is 0 Å². The number of allylic oxidation sites excluding steroid dienone is 1. The van der Waals surface area contributed by atoms with Crippen LogP contribution in [0, 0.1) is 0 Å². The lowest BCUT2D eigenvalue weighted by molar-refractivity contribution is 0.0932. The minimum absolute atomic E-state index is 0.242. The minimum atomic E-state index is -0.274. The summed E-state index contributed by atoms with van der Waals surface area (Å²) in [5, 5.41) is 8.94. The third kappa shape index (κ3) is 5.47. The van der Waals surface area contributed by atoms with Crippen LogP contribution < -0.4 is 10.1 Å². The number of carbonyl (C=O) groups is 1. The van der Waals surface area contributed by atoms with Gasteiger partial charge in [0, 0.05) is 16.8 Å². The first kappa shape index (κ1) is 26.0. The molecule has 0 fully saturated rings. The van der Waals surface area contributed by atoms with Crippen LogP contribution in [0.2, 0.25) is 10.0 Å². The summed E-state index contributed by atoms with van der Waals surface area (Å²) in [4.78, 5) is 18.0. The number of methoxy groups -OCH3 is 1. The van der Waals surface area contributed by atoms with Crippen molar-refractivity contribution in [3.63, 3.8) is 0 Å². The summed E-state index contributed by atoms with van der Waals surface area (Å²) >= 11 is 12.9. The largest absolute Gasteiger partial charge is 0.497 e. The van der Waals surface area contributed by atoms with Crippen molar-refractivity contribution in [1.82, 2.24) is 20.1 Å². The maximum absolute atomic E-state index is 13.6. The molecule has 0 aliphatic heterocycles. The van der Waals surface area contributed by atoms with Crippen molar-refractivity contribution in [2.75, 3.05) is 7.11 Å². The Bertz CT molecular complexity index is 1480. The van der Waals surface area contributed by atoms with Gasteiger partial charge in [-0.2, -0.15) is 5.10 Å². The van der Waals surface area contributed by atoms with E-state index in [9.17, 15) is 4.79 Å². The van der Waals surface area contributed by atoms with E-state index in [4.69, 9.17) is 33.0 Å². The predicted molar refractivity (Wildman–Crippen MR) is 152 cm³/mol. The second-order valence-electron chi connectivity index (χ2n) is 9.28. The van der Waals surface area contributed by atoms with Gasteiger partial charge in [0.25, 0.3) is 5.91 Å². The van der Waals surface area contributed by atoms with Crippen LogP contribution >= 0.6 is 23.2 Å². The number of hydrogen-bond acceptors (Lipinski definition) is 4. The van der Waals surface area contributed by atoms with Gasteiger partial charge in [0.2, 0.25) is 0 Å². The van der Waals surface area contributed by atoms with Gasteiger partial charge in [-0.1, -0.05) is 41.4 Å². The Morgan fingerprint density at radius 1 is 1.08 bits per heavy atom. The summed E-state index contributed by atoms with van der Waals surface area (Å²) in [5.41, 5.74) is 5.81. The molecule has 194 valence electrons. The Hall–Kier alpha value is -3.61. The Kier molecular flexibility index (Phi) is 7.82. The number of aromatic nitrogens is 3. The van der Waals surface area contributed by atoms with Gasteiger partial charge in [-0.3, -0.25) is 9.78 Å². The Balaban J connectivity index is 1.63. The molecule has 2 aromatic carbocycles. The number of hydrogen-bond donors (Lipinski definition) is 1. The van der Waals surface area contributed by atoms with Crippen molar-refractivity contribution in [2.45, 2.75) is 38.6 Å². The SMILES string of the molecule is COc1ccc(C=C2CCCCc3c(C(=O)NC(C)c4ccccn4)nn(-c4ccc(Cl)cc4Cl)c32)cc1. The molecule has 5 rings (SSSR count). The van der Waals surface area contributed by atoms with Gasteiger partial charge in [0.1, 0.15) is 5.75 Å². The minimum Gasteiger partial charge on any atom is -0.497 e. The van der Waals surface area contributed by atoms with E-state index in [2.05, 4.69) is 16.4 Å². The molecule has 2 heterocycles. The van der Waals surface area contributed by atoms with Crippen molar-refractivity contribution < 1.29 is 9.53 Å². The number of amides is 1. The molecule has 0 spiro atoms. The van der Waals surface area contributed by atoms with Crippen molar-refractivity contribution in [2.24, 2.45) is 0 Å². The number of rotatable bonds is 6. The zero-order valence-corrected chi connectivity index (χ0v) is 22.8. The van der Waals surface area contributed by atoms with E-state index in [-0.39, 0.29) is 11.9 Å². The van der Waals surface area contributed by atoms with Crippen LogP contribution in [0.3, 0.4) is 0 Å². The average Bonchev–Trinajstić information content (AvgIpc) is 3.18. The highest BCUT2D eigenvalue weighted by atomic mass is 35.5. The van der Waals surface area contributed by atoms with E-state index in [0.717, 1.165) is 59.5 Å². The van der Waals surface area contributed by atoms with Gasteiger partial charge in [-0.25, -0.2) is 4.68 Å². The quantitative estimate of drug-likeness (QED) is 0.257. The first-order chi connectivity index (χ1) is 18.4. The van der Waals surface area contributed by atoms with Crippen LogP contribution in [0.5, 0.6) is 5.75 Å². The van der Waals surface area contributed by atoms with Crippen molar-refractivity contribution in [1.29, 1.82) is 0 Å². The van der Waals surface area contributed by atoms with E-state index >= 15 is 0 Å². The molecule has 1 N–H and O–H groups in total. The van der Waals surface area contributed by atoms with E-state index in [0.29, 0.717) is 21.4 Å². The van der Waals surface area contributed by atoms with E-state index in [1.54, 1.807) is 30.1 Å². The molecular weight excluding hydrogens is 519 g/mol. The summed E-state index contributed by atoms with van der Waals surface area (Å²) in [6.45, 7) is 1.92. The van der Waals surface area contributed by atoms with Gasteiger partial charge in [0.15, 0.2) is 5.69 Å². The molecule has 1 unspecified atom stereocenters. The average molecular weight is 547 g/mol. The van der Waals surface area contributed by atoms with Crippen LogP contribution in [-0.2, 0) is 6.42 Å². The fourth-order valence-corrected chi connectivity index (χ4v) is 5.26. The topological polar surface area (TPSA) is 69.0 Å². The maximum atomic E-state index is 13.6. The number of benzene rings is 2. The Labute approximate surface area is 232 Å². The molecule has 38 heavy (non-hydrogen) atoms. The zero-order chi connectivity index (χ0) is 26.6. The number of ether oxygens (including phenoxy) is 1. The molecule has 1 aliphatic carbocycles. The first-order valence-corrected chi connectivity index (χ1v) is 13.3. The van der Waals surface area contributed by atoms with Crippen LogP contribution in [0.15, 0.2) is 66.9 Å². The maximum Gasteiger partial charge on any atom is 0.272 e. The number of fused-ring (bicyclic) bond motifs is 1. The standard InChI is InChI=1S/C30H28Cl2N4O2/c1-19(26-9-5-6-16-33-26)34-30(37)28-24-8-4-3-7-21(17-20-10-13-23(38-2)14-11-20)29(24)36(35-28)27-15-12-22(31)18-25(27)32/h5-6,9-19H,3-4,7-8H2,1-2H3,(H,34,37). The number of nitrogens with one attached hydrogen (secondary N) is 1. The molecule has 8 heteroatoms. The molecule has 0 radical (unpaired) electrons. The molecule has 0 bridgehead atoms. The van der Waals surface area contributed by atoms with Crippen LogP contribution in [-0.4, -0.2) is 27.8 Å². The monoisotopic (exact) mass is 546 g/mol. The zero-order valence-electron chi connectivity index (χ0n) is 21.2. The summed E-state index contributed by atoms with van der Waals surface area (Å²) < 4.78 is 7.12. The lowest BCUT2D eigenvalue weighted by atomic mass is 10.0. The second-order valence-corrected chi connectivity index (χ2v) is 10.1. The highest BCUT2D eigenvalue weighted by molar-refractivity contribution is 6.35. The highest BCUT2D eigenvalue weighted by Crippen LogP contribution is 2.37. The van der Waals surface area contributed by atoms with Gasteiger partial charge >= 0.3 is 0 Å². The van der Waals surface area contributed by atoms with E-state index < -0.39 is 0 Å². The van der Waals surface area contributed by atoms with Crippen molar-refractivity contribution in [3.05, 3.63) is 105 Å². The highest BCUT2D eigenvalue weighted by Gasteiger charge is 2.29. The van der Waals surface area contributed by atoms with Gasteiger partial charge in [-0.15, -0.1) is 0 Å². The fraction of sp³-hybridized carbons (Fsp3) is 0.233. The van der Waals surface area contributed by atoms with Crippen molar-refractivity contribution >= 4 is 40.8 Å². The lowest BCUT2D eigenvalue weighted by Gasteiger charge is -2.13. The molecule has 2 aromatic heterocycles. The van der Waals surface area contributed by atoms with E-state index in [1.165, 1.54) is 0 Å². The number of nitrogens with zero attached hydrogens (tertiary/aromatic N) is 3. The second kappa shape index (κ2) is 11.4. The molecule has 1 atom stereocenters. The summed E-state index contributed by atoms with van der Waals surface area (Å²) in [5.74, 6) is 0.557. The Morgan fingerprint density at radius 2 is 1.87 bits per heavy atom.